The summed E-state index contributed by atoms with van der Waals surface area (Å²) in [6.07, 6.45) is 2.64. The lowest BCUT2D eigenvalue weighted by Crippen LogP contribution is -2.02. The molecule has 0 radical (unpaired) electrons. The second-order valence-electron chi connectivity index (χ2n) is 3.41. The average molecular weight is 202 g/mol. The molecule has 0 saturated heterocycles. The fourth-order valence-electron chi connectivity index (χ4n) is 1.67. The van der Waals surface area contributed by atoms with Gasteiger partial charge in [0.1, 0.15) is 0 Å². The third-order valence-electron chi connectivity index (χ3n) is 2.42. The van der Waals surface area contributed by atoms with E-state index in [1.807, 2.05) is 6.07 Å². The second-order valence-corrected chi connectivity index (χ2v) is 3.41. The molecule has 0 unspecified atom stereocenters. The molecule has 1 aromatic carbocycles. The summed E-state index contributed by atoms with van der Waals surface area (Å²) in [6.45, 7) is 0.661. The molecule has 0 bridgehead atoms. The lowest BCUT2D eigenvalue weighted by atomic mass is 10.1. The van der Waals surface area contributed by atoms with Crippen molar-refractivity contribution in [1.29, 1.82) is 0 Å². The molecule has 3 nitrogen and oxygen atoms in total. The van der Waals surface area contributed by atoms with E-state index in [2.05, 4.69) is 23.2 Å². The van der Waals surface area contributed by atoms with Gasteiger partial charge in [0.05, 0.1) is 7.11 Å². The third kappa shape index (κ3) is 1.92. The first-order chi connectivity index (χ1) is 7.35. The number of ether oxygens (including phenoxy) is 1. The van der Waals surface area contributed by atoms with E-state index >= 15 is 0 Å². The first-order valence-electron chi connectivity index (χ1n) is 4.97. The molecule has 1 aromatic heterocycles. The molecule has 15 heavy (non-hydrogen) atoms. The van der Waals surface area contributed by atoms with E-state index in [0.717, 1.165) is 17.2 Å². The molecule has 0 saturated carbocycles. The lowest BCUT2D eigenvalue weighted by molar-refractivity contribution is 0.403. The van der Waals surface area contributed by atoms with E-state index in [0.29, 0.717) is 12.4 Å². The molecular weight excluding hydrogens is 188 g/mol. The van der Waals surface area contributed by atoms with E-state index in [4.69, 9.17) is 10.5 Å². The Labute approximate surface area is 88.9 Å². The average Bonchev–Trinajstić information content (AvgIpc) is 2.28. The summed E-state index contributed by atoms with van der Waals surface area (Å²) < 4.78 is 5.22. The highest BCUT2D eigenvalue weighted by molar-refractivity contribution is 5.87. The number of rotatable bonds is 3. The van der Waals surface area contributed by atoms with Gasteiger partial charge in [-0.25, -0.2) is 4.98 Å². The fourth-order valence-corrected chi connectivity index (χ4v) is 1.67. The van der Waals surface area contributed by atoms with Crippen LogP contribution in [0, 0.1) is 0 Å². The van der Waals surface area contributed by atoms with Crippen LogP contribution in [0.15, 0.2) is 30.5 Å². The molecule has 0 aliphatic heterocycles. The zero-order valence-electron chi connectivity index (χ0n) is 8.73. The van der Waals surface area contributed by atoms with Gasteiger partial charge in [-0.05, 0) is 36.0 Å². The van der Waals surface area contributed by atoms with Crippen LogP contribution in [0.3, 0.4) is 0 Å². The monoisotopic (exact) mass is 202 g/mol. The molecule has 78 valence electrons. The largest absolute Gasteiger partial charge is 0.481 e. The summed E-state index contributed by atoms with van der Waals surface area (Å²) in [7, 11) is 1.64. The van der Waals surface area contributed by atoms with Gasteiger partial charge in [0.15, 0.2) is 0 Å². The fraction of sp³-hybridized carbons (Fsp3) is 0.250. The van der Waals surface area contributed by atoms with Crippen molar-refractivity contribution in [3.63, 3.8) is 0 Å². The normalized spacial score (nSPS) is 10.5. The highest BCUT2D eigenvalue weighted by Crippen LogP contribution is 2.23. The minimum atomic E-state index is 0.661. The molecule has 2 aromatic rings. The molecule has 1 heterocycles. The standard InChI is InChI=1S/C12H14N2O/c1-15-12-11-8-9(4-6-13)2-3-10(11)5-7-14-12/h2-3,5,7-8H,4,6,13H2,1H3. The van der Waals surface area contributed by atoms with E-state index in [1.54, 1.807) is 13.3 Å². The van der Waals surface area contributed by atoms with Crippen molar-refractivity contribution >= 4 is 10.8 Å². The van der Waals surface area contributed by atoms with Crippen LogP contribution in [0.1, 0.15) is 5.56 Å². The molecule has 2 rings (SSSR count). The molecule has 0 fully saturated rings. The number of pyridine rings is 1. The van der Waals surface area contributed by atoms with Gasteiger partial charge in [-0.15, -0.1) is 0 Å². The third-order valence-corrected chi connectivity index (χ3v) is 2.42. The number of nitrogens with two attached hydrogens (primary N) is 1. The van der Waals surface area contributed by atoms with Crippen molar-refractivity contribution in [2.75, 3.05) is 13.7 Å². The van der Waals surface area contributed by atoms with Crippen molar-refractivity contribution in [3.8, 4) is 5.88 Å². The number of fused-ring (bicyclic) bond motifs is 1. The van der Waals surface area contributed by atoms with E-state index in [-0.39, 0.29) is 0 Å². The van der Waals surface area contributed by atoms with Crippen molar-refractivity contribution in [2.45, 2.75) is 6.42 Å². The van der Waals surface area contributed by atoms with Crippen molar-refractivity contribution < 1.29 is 4.74 Å². The summed E-state index contributed by atoms with van der Waals surface area (Å²) in [6, 6.07) is 8.23. The zero-order valence-corrected chi connectivity index (χ0v) is 8.73. The summed E-state index contributed by atoms with van der Waals surface area (Å²) in [5.41, 5.74) is 6.75. The molecule has 0 spiro atoms. The van der Waals surface area contributed by atoms with Gasteiger partial charge in [0, 0.05) is 11.6 Å². The summed E-state index contributed by atoms with van der Waals surface area (Å²) in [5, 5.41) is 2.19. The summed E-state index contributed by atoms with van der Waals surface area (Å²) in [5.74, 6) is 0.673. The number of methoxy groups -OCH3 is 1. The number of benzene rings is 1. The Kier molecular flexibility index (Phi) is 2.83. The molecule has 0 amide bonds. The van der Waals surface area contributed by atoms with Gasteiger partial charge in [-0.3, -0.25) is 0 Å². The van der Waals surface area contributed by atoms with Crippen LogP contribution in [0.4, 0.5) is 0 Å². The highest BCUT2D eigenvalue weighted by atomic mass is 16.5. The Bertz CT molecular complexity index is 468. The Morgan fingerprint density at radius 1 is 1.33 bits per heavy atom. The van der Waals surface area contributed by atoms with E-state index in [9.17, 15) is 0 Å². The van der Waals surface area contributed by atoms with Gasteiger partial charge in [-0.1, -0.05) is 12.1 Å². The minimum Gasteiger partial charge on any atom is -0.481 e. The van der Waals surface area contributed by atoms with Crippen LogP contribution < -0.4 is 10.5 Å². The van der Waals surface area contributed by atoms with Crippen LogP contribution in [-0.4, -0.2) is 18.6 Å². The SMILES string of the molecule is COc1nccc2ccc(CCN)cc12. The van der Waals surface area contributed by atoms with Gasteiger partial charge in [0.2, 0.25) is 5.88 Å². The van der Waals surface area contributed by atoms with Crippen molar-refractivity contribution in [1.82, 2.24) is 4.98 Å². The maximum atomic E-state index is 5.53. The first kappa shape index (κ1) is 9.93. The Morgan fingerprint density at radius 2 is 2.20 bits per heavy atom. The predicted octanol–water partition coefficient (Wildman–Crippen LogP) is 1.74. The minimum absolute atomic E-state index is 0.661. The molecule has 2 N–H and O–H groups in total. The van der Waals surface area contributed by atoms with Crippen molar-refractivity contribution in [3.05, 3.63) is 36.0 Å². The first-order valence-corrected chi connectivity index (χ1v) is 4.97. The topological polar surface area (TPSA) is 48.1 Å². The quantitative estimate of drug-likeness (QED) is 0.824. The van der Waals surface area contributed by atoms with E-state index in [1.165, 1.54) is 5.56 Å². The maximum Gasteiger partial charge on any atom is 0.221 e. The molecule has 3 heteroatoms. The van der Waals surface area contributed by atoms with Gasteiger partial charge >= 0.3 is 0 Å². The highest BCUT2D eigenvalue weighted by Gasteiger charge is 2.02. The predicted molar refractivity (Wildman–Crippen MR) is 61.1 cm³/mol. The zero-order chi connectivity index (χ0) is 10.7. The molecular formula is C12H14N2O. The van der Waals surface area contributed by atoms with Gasteiger partial charge in [-0.2, -0.15) is 0 Å². The molecule has 0 atom stereocenters. The molecule has 0 aliphatic carbocycles. The maximum absolute atomic E-state index is 5.53. The molecule has 0 aliphatic rings. The second kappa shape index (κ2) is 4.28. The lowest BCUT2D eigenvalue weighted by Gasteiger charge is -2.05. The van der Waals surface area contributed by atoms with Crippen LogP contribution in [0.5, 0.6) is 5.88 Å². The van der Waals surface area contributed by atoms with Crippen LogP contribution in [0.25, 0.3) is 10.8 Å². The Morgan fingerprint density at radius 3 is 2.93 bits per heavy atom. The number of nitrogens with zero attached hydrogens (tertiary/aromatic N) is 1. The Balaban J connectivity index is 2.57. The van der Waals surface area contributed by atoms with Crippen molar-refractivity contribution in [2.24, 2.45) is 5.73 Å². The number of aromatic nitrogens is 1. The number of hydrogen-bond donors (Lipinski definition) is 1. The smallest absolute Gasteiger partial charge is 0.221 e. The summed E-state index contributed by atoms with van der Waals surface area (Å²) >= 11 is 0. The van der Waals surface area contributed by atoms with Crippen LogP contribution in [0.2, 0.25) is 0 Å². The summed E-state index contributed by atoms with van der Waals surface area (Å²) in [4.78, 5) is 4.17. The van der Waals surface area contributed by atoms with Crippen LogP contribution in [-0.2, 0) is 6.42 Å². The van der Waals surface area contributed by atoms with Gasteiger partial charge in [0.25, 0.3) is 0 Å². The number of hydrogen-bond acceptors (Lipinski definition) is 3. The van der Waals surface area contributed by atoms with E-state index < -0.39 is 0 Å². The Hall–Kier alpha value is -1.61. The van der Waals surface area contributed by atoms with Gasteiger partial charge < -0.3 is 10.5 Å². The van der Waals surface area contributed by atoms with Crippen LogP contribution >= 0.6 is 0 Å².